The van der Waals surface area contributed by atoms with Crippen LogP contribution in [0.3, 0.4) is 0 Å². The lowest BCUT2D eigenvalue weighted by molar-refractivity contribution is -0.190. The first-order chi connectivity index (χ1) is 9.91. The zero-order valence-corrected chi connectivity index (χ0v) is 12.3. The number of carbonyl (C=O) groups is 1. The van der Waals surface area contributed by atoms with E-state index in [1.54, 1.807) is 0 Å². The van der Waals surface area contributed by atoms with E-state index in [1.165, 1.54) is 0 Å². The van der Waals surface area contributed by atoms with Crippen molar-refractivity contribution in [3.05, 3.63) is 0 Å². The van der Waals surface area contributed by atoms with Crippen LogP contribution in [0, 0.1) is 5.92 Å². The van der Waals surface area contributed by atoms with Gasteiger partial charge in [-0.2, -0.15) is 13.2 Å². The molecule has 7 heteroatoms. The second kappa shape index (κ2) is 6.96. The summed E-state index contributed by atoms with van der Waals surface area (Å²) < 4.78 is 44.4. The summed E-state index contributed by atoms with van der Waals surface area (Å²) in [7, 11) is 0. The Morgan fingerprint density at radius 2 is 2.05 bits per heavy atom. The molecule has 0 spiro atoms. The zero-order valence-electron chi connectivity index (χ0n) is 12.3. The van der Waals surface area contributed by atoms with Crippen molar-refractivity contribution < 1.29 is 22.7 Å². The predicted molar refractivity (Wildman–Crippen MR) is 71.8 cm³/mol. The summed E-state index contributed by atoms with van der Waals surface area (Å²) in [5.74, 6) is -1.84. The highest BCUT2D eigenvalue weighted by molar-refractivity contribution is 5.81. The average Bonchev–Trinajstić information content (AvgIpc) is 2.46. The molecule has 21 heavy (non-hydrogen) atoms. The molecule has 3 atom stereocenters. The van der Waals surface area contributed by atoms with E-state index in [0.29, 0.717) is 26.0 Å². The van der Waals surface area contributed by atoms with Gasteiger partial charge in [0, 0.05) is 19.1 Å². The molecule has 1 N–H and O–H groups in total. The van der Waals surface area contributed by atoms with Crippen molar-refractivity contribution in [3.8, 4) is 0 Å². The molecular weight excluding hydrogens is 285 g/mol. The molecule has 122 valence electrons. The maximum absolute atomic E-state index is 13.0. The first-order valence-corrected chi connectivity index (χ1v) is 7.63. The van der Waals surface area contributed by atoms with Gasteiger partial charge in [0.1, 0.15) is 6.10 Å². The fraction of sp³-hybridized carbons (Fsp3) is 0.929. The van der Waals surface area contributed by atoms with E-state index in [9.17, 15) is 18.0 Å². The van der Waals surface area contributed by atoms with Gasteiger partial charge >= 0.3 is 6.18 Å². The second-order valence-electron chi connectivity index (χ2n) is 5.80. The number of carbonyl (C=O) groups excluding carboxylic acids is 1. The number of ether oxygens (including phenoxy) is 1. The van der Waals surface area contributed by atoms with Gasteiger partial charge in [0.15, 0.2) is 0 Å². The molecule has 0 aromatic carbocycles. The highest BCUT2D eigenvalue weighted by Crippen LogP contribution is 2.37. The topological polar surface area (TPSA) is 41.6 Å². The lowest BCUT2D eigenvalue weighted by Crippen LogP contribution is -2.55. The summed E-state index contributed by atoms with van der Waals surface area (Å²) in [6, 6.07) is -0.813. The van der Waals surface area contributed by atoms with E-state index < -0.39 is 30.1 Å². The maximum Gasteiger partial charge on any atom is 0.393 e. The number of rotatable bonds is 3. The van der Waals surface area contributed by atoms with Gasteiger partial charge in [0.25, 0.3) is 5.91 Å². The highest BCUT2D eigenvalue weighted by Gasteiger charge is 2.46. The van der Waals surface area contributed by atoms with Gasteiger partial charge in [0.2, 0.25) is 0 Å². The fourth-order valence-electron chi connectivity index (χ4n) is 3.12. The van der Waals surface area contributed by atoms with Crippen LogP contribution in [0.15, 0.2) is 0 Å². The number of nitrogens with zero attached hydrogens (tertiary/aromatic N) is 1. The van der Waals surface area contributed by atoms with Crippen LogP contribution in [0.2, 0.25) is 0 Å². The Morgan fingerprint density at radius 3 is 2.71 bits per heavy atom. The van der Waals surface area contributed by atoms with Crippen molar-refractivity contribution in [2.24, 2.45) is 5.92 Å². The molecule has 4 nitrogen and oxygen atoms in total. The van der Waals surface area contributed by atoms with Gasteiger partial charge in [-0.25, -0.2) is 0 Å². The van der Waals surface area contributed by atoms with Gasteiger partial charge in [-0.1, -0.05) is 19.8 Å². The van der Waals surface area contributed by atoms with Crippen LogP contribution >= 0.6 is 0 Å². The van der Waals surface area contributed by atoms with Gasteiger partial charge in [-0.05, 0) is 19.4 Å². The summed E-state index contributed by atoms with van der Waals surface area (Å²) in [6.45, 7) is 4.45. The summed E-state index contributed by atoms with van der Waals surface area (Å²) >= 11 is 0. The van der Waals surface area contributed by atoms with Crippen molar-refractivity contribution in [1.29, 1.82) is 0 Å². The largest absolute Gasteiger partial charge is 0.393 e. The molecule has 0 aromatic heterocycles. The Morgan fingerprint density at radius 1 is 1.33 bits per heavy atom. The third-order valence-electron chi connectivity index (χ3n) is 4.40. The van der Waals surface area contributed by atoms with Crippen molar-refractivity contribution in [2.45, 2.75) is 50.9 Å². The molecule has 1 heterocycles. The van der Waals surface area contributed by atoms with E-state index in [0.717, 1.165) is 19.5 Å². The number of likely N-dealkylation sites (N-methyl/N-ethyl adjacent to an activating group) is 1. The Balaban J connectivity index is 1.94. The van der Waals surface area contributed by atoms with E-state index >= 15 is 0 Å². The second-order valence-corrected chi connectivity index (χ2v) is 5.80. The molecule has 1 saturated heterocycles. The van der Waals surface area contributed by atoms with Crippen molar-refractivity contribution in [3.63, 3.8) is 0 Å². The molecule has 3 unspecified atom stereocenters. The van der Waals surface area contributed by atoms with E-state index in [-0.39, 0.29) is 6.42 Å². The van der Waals surface area contributed by atoms with E-state index in [1.807, 2.05) is 6.92 Å². The van der Waals surface area contributed by atoms with Crippen LogP contribution in [0.25, 0.3) is 0 Å². The standard InChI is InChI=1S/C14H23F3N2O2/c1-2-19-7-8-21-12(9-19)13(20)18-11-6-4-3-5-10(11)14(15,16)17/h10-12H,2-9H2,1H3,(H,18,20). The average molecular weight is 308 g/mol. The minimum Gasteiger partial charge on any atom is -0.366 e. The predicted octanol–water partition coefficient (Wildman–Crippen LogP) is 1.94. The van der Waals surface area contributed by atoms with E-state index in [2.05, 4.69) is 10.2 Å². The Bertz CT molecular complexity index is 363. The van der Waals surface area contributed by atoms with Gasteiger partial charge < -0.3 is 10.1 Å². The smallest absolute Gasteiger partial charge is 0.366 e. The van der Waals surface area contributed by atoms with Crippen LogP contribution in [0.4, 0.5) is 13.2 Å². The minimum absolute atomic E-state index is 0.0983. The lowest BCUT2D eigenvalue weighted by atomic mass is 9.84. The SMILES string of the molecule is CCN1CCOC(C(=O)NC2CCCCC2C(F)(F)F)C1. The third-order valence-corrected chi connectivity index (χ3v) is 4.40. The van der Waals surface area contributed by atoms with Crippen LogP contribution in [-0.4, -0.2) is 55.4 Å². The molecule has 2 fully saturated rings. The van der Waals surface area contributed by atoms with E-state index in [4.69, 9.17) is 4.74 Å². The molecule has 0 aromatic rings. The summed E-state index contributed by atoms with van der Waals surface area (Å²) in [6.07, 6.45) is -3.12. The molecule has 1 aliphatic carbocycles. The molecule has 1 saturated carbocycles. The fourth-order valence-corrected chi connectivity index (χ4v) is 3.12. The van der Waals surface area contributed by atoms with Crippen molar-refractivity contribution in [1.82, 2.24) is 10.2 Å². The first kappa shape index (κ1) is 16.5. The van der Waals surface area contributed by atoms with Gasteiger partial charge in [-0.3, -0.25) is 9.69 Å². The molecule has 1 amide bonds. The van der Waals surface area contributed by atoms with Crippen LogP contribution < -0.4 is 5.32 Å². The summed E-state index contributed by atoms with van der Waals surface area (Å²) in [5.41, 5.74) is 0. The Hall–Kier alpha value is -0.820. The first-order valence-electron chi connectivity index (χ1n) is 7.63. The number of hydrogen-bond donors (Lipinski definition) is 1. The molecule has 0 radical (unpaired) electrons. The van der Waals surface area contributed by atoms with Crippen molar-refractivity contribution >= 4 is 5.91 Å². The molecule has 0 bridgehead atoms. The van der Waals surface area contributed by atoms with Crippen LogP contribution in [0.5, 0.6) is 0 Å². The molecule has 2 aliphatic rings. The molecule has 1 aliphatic heterocycles. The van der Waals surface area contributed by atoms with Crippen LogP contribution in [0.1, 0.15) is 32.6 Å². The molecular formula is C14H23F3N2O2. The number of nitrogens with one attached hydrogen (secondary N) is 1. The number of halogens is 3. The lowest BCUT2D eigenvalue weighted by Gasteiger charge is -2.36. The number of amides is 1. The number of morpholine rings is 1. The molecule has 2 rings (SSSR count). The highest BCUT2D eigenvalue weighted by atomic mass is 19.4. The van der Waals surface area contributed by atoms with Crippen molar-refractivity contribution in [2.75, 3.05) is 26.2 Å². The summed E-state index contributed by atoms with van der Waals surface area (Å²) in [5, 5.41) is 2.58. The Labute approximate surface area is 123 Å². The van der Waals surface area contributed by atoms with Gasteiger partial charge in [-0.15, -0.1) is 0 Å². The number of hydrogen-bond acceptors (Lipinski definition) is 3. The maximum atomic E-state index is 13.0. The van der Waals surface area contributed by atoms with Gasteiger partial charge in [0.05, 0.1) is 12.5 Å². The quantitative estimate of drug-likeness (QED) is 0.866. The monoisotopic (exact) mass is 308 g/mol. The Kier molecular flexibility index (Phi) is 5.48. The summed E-state index contributed by atoms with van der Waals surface area (Å²) in [4.78, 5) is 14.2. The third kappa shape index (κ3) is 4.32. The minimum atomic E-state index is -4.25. The van der Waals surface area contributed by atoms with Crippen LogP contribution in [-0.2, 0) is 9.53 Å². The number of alkyl halides is 3. The zero-order chi connectivity index (χ0) is 15.5. The normalized spacial score (nSPS) is 31.9.